The van der Waals surface area contributed by atoms with Crippen molar-refractivity contribution in [2.45, 2.75) is 44.9 Å². The second kappa shape index (κ2) is 15.1. The summed E-state index contributed by atoms with van der Waals surface area (Å²) < 4.78 is 5.09. The van der Waals surface area contributed by atoms with Crippen molar-refractivity contribution in [3.63, 3.8) is 0 Å². The number of rotatable bonds is 10. The molecule has 0 bridgehead atoms. The van der Waals surface area contributed by atoms with Crippen LogP contribution in [0.5, 0.6) is 0 Å². The van der Waals surface area contributed by atoms with Gasteiger partial charge in [0.1, 0.15) is 10.7 Å². The number of benzene rings is 2. The Kier molecular flexibility index (Phi) is 11.0. The van der Waals surface area contributed by atoms with Gasteiger partial charge in [-0.25, -0.2) is 4.79 Å². The van der Waals surface area contributed by atoms with Gasteiger partial charge in [-0.05, 0) is 84.0 Å². The second-order valence-corrected chi connectivity index (χ2v) is 15.4. The van der Waals surface area contributed by atoms with Gasteiger partial charge in [-0.3, -0.25) is 14.4 Å². The lowest BCUT2D eigenvalue weighted by Gasteiger charge is -2.33. The Labute approximate surface area is 287 Å². The van der Waals surface area contributed by atoms with E-state index in [0.29, 0.717) is 27.7 Å². The zero-order chi connectivity index (χ0) is 33.6. The molecule has 0 radical (unpaired) electrons. The molecule has 1 aliphatic carbocycles. The van der Waals surface area contributed by atoms with E-state index < -0.39 is 17.8 Å². The molecular weight excluding hydrogens is 651 g/mol. The van der Waals surface area contributed by atoms with Gasteiger partial charge in [0.25, 0.3) is 11.8 Å². The fraction of sp³-hybridized carbons (Fsp3) is 0.278. The van der Waals surface area contributed by atoms with Crippen LogP contribution in [0.3, 0.4) is 0 Å². The van der Waals surface area contributed by atoms with Crippen LogP contribution in [0.15, 0.2) is 82.7 Å². The summed E-state index contributed by atoms with van der Waals surface area (Å²) in [6, 6.07) is 19.6. The summed E-state index contributed by atoms with van der Waals surface area (Å²) in [7, 11) is 1.36. The highest BCUT2D eigenvalue weighted by Gasteiger charge is 2.34. The van der Waals surface area contributed by atoms with Crippen LogP contribution in [0, 0.1) is 11.3 Å². The van der Waals surface area contributed by atoms with Crippen LogP contribution >= 0.6 is 34.4 Å². The van der Waals surface area contributed by atoms with Gasteiger partial charge >= 0.3 is 5.97 Å². The predicted octanol–water partition coefficient (Wildman–Crippen LogP) is 7.89. The molecule has 3 amide bonds. The lowest BCUT2D eigenvalue weighted by molar-refractivity contribution is -0.114. The van der Waals surface area contributed by atoms with Crippen LogP contribution in [0.2, 0.25) is 0 Å². The minimum Gasteiger partial charge on any atom is -0.465 e. The Balaban J connectivity index is 1.24. The maximum atomic E-state index is 13.4. The summed E-state index contributed by atoms with van der Waals surface area (Å²) in [6.07, 6.45) is 4.27. The van der Waals surface area contributed by atoms with Gasteiger partial charge in [0.2, 0.25) is 5.91 Å². The predicted molar refractivity (Wildman–Crippen MR) is 191 cm³/mol. The van der Waals surface area contributed by atoms with E-state index in [4.69, 9.17) is 4.74 Å². The van der Waals surface area contributed by atoms with Crippen LogP contribution in [0.25, 0.3) is 6.08 Å². The number of carbonyl (C=O) groups excluding carboxylic acids is 4. The highest BCUT2D eigenvalue weighted by atomic mass is 32.2. The number of amides is 3. The first kappa shape index (κ1) is 34.2. The SMILES string of the molecule is COC(=O)c1c(NC(=O)CSc2cccc(NC(=O)/C(=C/c3cccs3)NC(=O)c3ccccc3)c2)sc2c1CCC(C(C)(C)C)C2. The summed E-state index contributed by atoms with van der Waals surface area (Å²) in [5.74, 6) is -0.959. The minimum absolute atomic E-state index is 0.0991. The summed E-state index contributed by atoms with van der Waals surface area (Å²) in [5, 5.41) is 11.0. The molecule has 8 nitrogen and oxygen atoms in total. The molecule has 0 saturated carbocycles. The van der Waals surface area contributed by atoms with Crippen molar-refractivity contribution in [2.75, 3.05) is 23.5 Å². The molecule has 2 aromatic heterocycles. The van der Waals surface area contributed by atoms with Crippen LogP contribution in [0.1, 0.15) is 63.2 Å². The molecular formula is C36H37N3O5S3. The number of esters is 1. The molecule has 0 saturated heterocycles. The number of hydrogen-bond acceptors (Lipinski definition) is 8. The van der Waals surface area contributed by atoms with Gasteiger partial charge in [0.15, 0.2) is 0 Å². The zero-order valence-corrected chi connectivity index (χ0v) is 29.1. The Hall–Kier alpha value is -4.19. The average Bonchev–Trinajstić information content (AvgIpc) is 3.70. The van der Waals surface area contributed by atoms with Crippen molar-refractivity contribution < 1.29 is 23.9 Å². The Morgan fingerprint density at radius 2 is 1.79 bits per heavy atom. The van der Waals surface area contributed by atoms with E-state index in [1.165, 1.54) is 41.5 Å². The molecule has 2 aromatic carbocycles. The van der Waals surface area contributed by atoms with E-state index in [9.17, 15) is 19.2 Å². The van der Waals surface area contributed by atoms with E-state index in [2.05, 4.69) is 36.7 Å². The van der Waals surface area contributed by atoms with Crippen molar-refractivity contribution in [1.29, 1.82) is 0 Å². The van der Waals surface area contributed by atoms with Gasteiger partial charge < -0.3 is 20.7 Å². The lowest BCUT2D eigenvalue weighted by Crippen LogP contribution is -2.30. The molecule has 5 rings (SSSR count). The third-order valence-corrected chi connectivity index (χ3v) is 10.9. The number of ether oxygens (including phenoxy) is 1. The van der Waals surface area contributed by atoms with Crippen molar-refractivity contribution >= 4 is 74.9 Å². The van der Waals surface area contributed by atoms with Gasteiger partial charge in [-0.2, -0.15) is 0 Å². The first-order valence-electron chi connectivity index (χ1n) is 15.2. The molecule has 1 aliphatic rings. The quantitative estimate of drug-likeness (QED) is 0.0888. The van der Waals surface area contributed by atoms with Gasteiger partial charge in [-0.1, -0.05) is 51.1 Å². The van der Waals surface area contributed by atoms with Crippen molar-refractivity contribution in [2.24, 2.45) is 11.3 Å². The van der Waals surface area contributed by atoms with Crippen LogP contribution in [-0.4, -0.2) is 36.6 Å². The van der Waals surface area contributed by atoms with Crippen molar-refractivity contribution in [3.05, 3.63) is 104 Å². The molecule has 1 atom stereocenters. The fourth-order valence-corrected chi connectivity index (χ4v) is 8.11. The van der Waals surface area contributed by atoms with Crippen LogP contribution in [-0.2, 0) is 27.2 Å². The highest BCUT2D eigenvalue weighted by molar-refractivity contribution is 8.00. The smallest absolute Gasteiger partial charge is 0.341 e. The number of nitrogens with one attached hydrogen (secondary N) is 3. The molecule has 0 aliphatic heterocycles. The third-order valence-electron chi connectivity index (χ3n) is 7.95. The first-order valence-corrected chi connectivity index (χ1v) is 17.9. The number of thioether (sulfide) groups is 1. The topological polar surface area (TPSA) is 114 Å². The zero-order valence-electron chi connectivity index (χ0n) is 26.7. The number of hydrogen-bond donors (Lipinski definition) is 3. The first-order chi connectivity index (χ1) is 22.5. The van der Waals surface area contributed by atoms with Gasteiger partial charge in [-0.15, -0.1) is 34.4 Å². The Morgan fingerprint density at radius 3 is 2.49 bits per heavy atom. The van der Waals surface area contributed by atoms with Crippen LogP contribution < -0.4 is 16.0 Å². The van der Waals surface area contributed by atoms with E-state index in [-0.39, 0.29) is 22.8 Å². The van der Waals surface area contributed by atoms with E-state index in [1.54, 1.807) is 48.5 Å². The highest BCUT2D eigenvalue weighted by Crippen LogP contribution is 2.44. The second-order valence-electron chi connectivity index (χ2n) is 12.2. The number of carbonyl (C=O) groups is 4. The number of fused-ring (bicyclic) bond motifs is 1. The fourth-order valence-electron chi connectivity index (χ4n) is 5.36. The molecule has 2 heterocycles. The standard InChI is InChI=1S/C36H37N3O5S3/c1-36(2,3)23-15-16-27-29(18-23)47-34(31(27)35(43)44-4)39-30(40)21-46-25-13-8-12-24(19-25)37-33(42)28(20-26-14-9-17-45-26)38-32(41)22-10-6-5-7-11-22/h5-14,17,19-20,23H,15-16,18,21H2,1-4H3,(H,37,42)(H,38,41)(H,39,40)/b28-20-. The molecule has 47 heavy (non-hydrogen) atoms. The monoisotopic (exact) mass is 687 g/mol. The molecule has 0 spiro atoms. The van der Waals surface area contributed by atoms with E-state index in [1.807, 2.05) is 29.6 Å². The Bertz CT molecular complexity index is 1790. The number of thiophene rings is 2. The van der Waals surface area contributed by atoms with Crippen molar-refractivity contribution in [1.82, 2.24) is 5.32 Å². The average molecular weight is 688 g/mol. The maximum Gasteiger partial charge on any atom is 0.341 e. The van der Waals surface area contributed by atoms with Crippen LogP contribution in [0.4, 0.5) is 10.7 Å². The maximum absolute atomic E-state index is 13.4. The van der Waals surface area contributed by atoms with Gasteiger partial charge in [0, 0.05) is 25.9 Å². The molecule has 11 heteroatoms. The van der Waals surface area contributed by atoms with E-state index in [0.717, 1.165) is 39.5 Å². The summed E-state index contributed by atoms with van der Waals surface area (Å²) >= 11 is 4.23. The lowest BCUT2D eigenvalue weighted by atomic mass is 9.72. The summed E-state index contributed by atoms with van der Waals surface area (Å²) in [6.45, 7) is 6.72. The molecule has 0 fully saturated rings. The number of methoxy groups -OCH3 is 1. The molecule has 1 unspecified atom stereocenters. The Morgan fingerprint density at radius 1 is 1.00 bits per heavy atom. The summed E-state index contributed by atoms with van der Waals surface area (Å²) in [4.78, 5) is 54.8. The molecule has 3 N–H and O–H groups in total. The van der Waals surface area contributed by atoms with Crippen molar-refractivity contribution in [3.8, 4) is 0 Å². The molecule has 4 aromatic rings. The molecule has 244 valence electrons. The van der Waals surface area contributed by atoms with Gasteiger partial charge in [0.05, 0.1) is 18.4 Å². The third kappa shape index (κ3) is 8.79. The normalized spacial score (nSPS) is 14.6. The van der Waals surface area contributed by atoms with E-state index >= 15 is 0 Å². The minimum atomic E-state index is -0.478. The summed E-state index contributed by atoms with van der Waals surface area (Å²) in [5.41, 5.74) is 2.66. The number of anilines is 2. The largest absolute Gasteiger partial charge is 0.465 e.